The number of anilines is 1. The highest BCUT2D eigenvalue weighted by molar-refractivity contribution is 9.11. The number of hydrogen-bond donors (Lipinski definition) is 0. The first-order valence-electron chi connectivity index (χ1n) is 9.07. The van der Waals surface area contributed by atoms with Crippen molar-refractivity contribution in [3.8, 4) is 0 Å². The normalized spacial score (nSPS) is 14.5. The molecule has 0 saturated carbocycles. The topological polar surface area (TPSA) is 53.8 Å². The van der Waals surface area contributed by atoms with Crippen LogP contribution in [0.15, 0.2) is 54.6 Å². The van der Waals surface area contributed by atoms with Gasteiger partial charge in [0.15, 0.2) is 5.58 Å². The standard InChI is InChI=1S/C21H17Br2ClN2O3/c1-12-17(24)3-2-4-18(12)25-5-7-26(8-6-25)20(27)15-10-13-9-14(22)11-16(23)19(13)29-21(15)28/h2-4,9-11H,5-8H2,1H3. The molecule has 0 bridgehead atoms. The number of piperazine rings is 1. The van der Waals surface area contributed by atoms with E-state index < -0.39 is 5.63 Å². The molecule has 0 aliphatic carbocycles. The van der Waals surface area contributed by atoms with E-state index in [1.807, 2.05) is 31.2 Å². The van der Waals surface area contributed by atoms with E-state index in [9.17, 15) is 9.59 Å². The van der Waals surface area contributed by atoms with Gasteiger partial charge in [0.25, 0.3) is 5.91 Å². The van der Waals surface area contributed by atoms with Crippen molar-refractivity contribution in [2.24, 2.45) is 0 Å². The first kappa shape index (κ1) is 20.4. The fourth-order valence-corrected chi connectivity index (χ4v) is 5.07. The van der Waals surface area contributed by atoms with E-state index in [1.54, 1.807) is 17.0 Å². The second-order valence-corrected chi connectivity index (χ2v) is 9.09. The van der Waals surface area contributed by atoms with E-state index >= 15 is 0 Å². The van der Waals surface area contributed by atoms with Gasteiger partial charge in [-0.25, -0.2) is 4.79 Å². The summed E-state index contributed by atoms with van der Waals surface area (Å²) in [6.45, 7) is 4.37. The summed E-state index contributed by atoms with van der Waals surface area (Å²) in [5, 5.41) is 1.41. The highest BCUT2D eigenvalue weighted by Crippen LogP contribution is 2.29. The summed E-state index contributed by atoms with van der Waals surface area (Å²) in [7, 11) is 0. The van der Waals surface area contributed by atoms with Crippen LogP contribution in [0.3, 0.4) is 0 Å². The number of benzene rings is 2. The molecule has 5 nitrogen and oxygen atoms in total. The molecule has 1 aromatic heterocycles. The Kier molecular flexibility index (Phi) is 5.73. The minimum absolute atomic E-state index is 0.0508. The van der Waals surface area contributed by atoms with Crippen LogP contribution in [0.4, 0.5) is 5.69 Å². The molecule has 150 valence electrons. The molecule has 0 spiro atoms. The molecule has 3 aromatic rings. The maximum absolute atomic E-state index is 13.0. The van der Waals surface area contributed by atoms with E-state index in [4.69, 9.17) is 16.0 Å². The predicted octanol–water partition coefficient (Wildman–Crippen LogP) is 5.24. The molecule has 0 atom stereocenters. The summed E-state index contributed by atoms with van der Waals surface area (Å²) in [6.07, 6.45) is 0. The van der Waals surface area contributed by atoms with Gasteiger partial charge in [-0.3, -0.25) is 4.79 Å². The van der Waals surface area contributed by atoms with Crippen LogP contribution in [0.5, 0.6) is 0 Å². The van der Waals surface area contributed by atoms with Crippen LogP contribution in [-0.2, 0) is 0 Å². The third-order valence-electron chi connectivity index (χ3n) is 5.13. The zero-order chi connectivity index (χ0) is 20.7. The highest BCUT2D eigenvalue weighted by atomic mass is 79.9. The minimum Gasteiger partial charge on any atom is -0.421 e. The van der Waals surface area contributed by atoms with Gasteiger partial charge in [0.05, 0.1) is 4.47 Å². The Hall–Kier alpha value is -1.83. The lowest BCUT2D eigenvalue weighted by Crippen LogP contribution is -2.49. The van der Waals surface area contributed by atoms with E-state index in [1.165, 1.54) is 0 Å². The van der Waals surface area contributed by atoms with Crippen LogP contribution in [-0.4, -0.2) is 37.0 Å². The Morgan fingerprint density at radius 1 is 1.10 bits per heavy atom. The van der Waals surface area contributed by atoms with Gasteiger partial charge in [-0.05, 0) is 58.7 Å². The maximum atomic E-state index is 13.0. The molecule has 0 N–H and O–H groups in total. The lowest BCUT2D eigenvalue weighted by Gasteiger charge is -2.36. The van der Waals surface area contributed by atoms with Crippen LogP contribution in [0, 0.1) is 6.92 Å². The Balaban J connectivity index is 1.56. The zero-order valence-corrected chi connectivity index (χ0v) is 19.5. The Labute approximate surface area is 189 Å². The molecule has 1 fully saturated rings. The summed E-state index contributed by atoms with van der Waals surface area (Å²) >= 11 is 13.0. The predicted molar refractivity (Wildman–Crippen MR) is 122 cm³/mol. The van der Waals surface area contributed by atoms with Gasteiger partial charge >= 0.3 is 5.63 Å². The van der Waals surface area contributed by atoms with E-state index in [2.05, 4.69) is 36.8 Å². The summed E-state index contributed by atoms with van der Waals surface area (Å²) in [5.74, 6) is -0.306. The summed E-state index contributed by atoms with van der Waals surface area (Å²) in [5.41, 5.74) is 1.95. The number of hydrogen-bond acceptors (Lipinski definition) is 4. The van der Waals surface area contributed by atoms with E-state index in [0.29, 0.717) is 41.6 Å². The maximum Gasteiger partial charge on any atom is 0.349 e. The van der Waals surface area contributed by atoms with Crippen molar-refractivity contribution in [1.29, 1.82) is 0 Å². The molecule has 8 heteroatoms. The number of carbonyl (C=O) groups excluding carboxylic acids is 1. The second kappa shape index (κ2) is 8.13. The summed E-state index contributed by atoms with van der Waals surface area (Å²) in [6, 6.07) is 11.1. The third kappa shape index (κ3) is 3.96. The molecule has 1 amide bonds. The van der Waals surface area contributed by atoms with Gasteiger partial charge in [0.2, 0.25) is 0 Å². The number of nitrogens with zero attached hydrogens (tertiary/aromatic N) is 2. The molecule has 1 aliphatic heterocycles. The van der Waals surface area contributed by atoms with Crippen molar-refractivity contribution in [1.82, 2.24) is 4.90 Å². The van der Waals surface area contributed by atoms with Crippen molar-refractivity contribution in [2.75, 3.05) is 31.1 Å². The van der Waals surface area contributed by atoms with Crippen molar-refractivity contribution >= 4 is 66.0 Å². The van der Waals surface area contributed by atoms with Gasteiger partial charge in [-0.15, -0.1) is 0 Å². The average Bonchev–Trinajstić information content (AvgIpc) is 2.70. The van der Waals surface area contributed by atoms with Crippen LogP contribution in [0.1, 0.15) is 15.9 Å². The molecule has 2 aromatic carbocycles. The monoisotopic (exact) mass is 538 g/mol. The fourth-order valence-electron chi connectivity index (χ4n) is 3.57. The quantitative estimate of drug-likeness (QED) is 0.417. The molecule has 0 radical (unpaired) electrons. The Bertz CT molecular complexity index is 1170. The van der Waals surface area contributed by atoms with Crippen molar-refractivity contribution in [2.45, 2.75) is 6.92 Å². The van der Waals surface area contributed by atoms with Gasteiger partial charge in [-0.1, -0.05) is 33.6 Å². The highest BCUT2D eigenvalue weighted by Gasteiger charge is 2.26. The molecular weight excluding hydrogens is 524 g/mol. The van der Waals surface area contributed by atoms with Gasteiger partial charge < -0.3 is 14.2 Å². The first-order chi connectivity index (χ1) is 13.8. The van der Waals surface area contributed by atoms with Gasteiger partial charge in [-0.2, -0.15) is 0 Å². The first-order valence-corrected chi connectivity index (χ1v) is 11.0. The van der Waals surface area contributed by atoms with Crippen LogP contribution in [0.25, 0.3) is 11.0 Å². The number of fused-ring (bicyclic) bond motifs is 1. The number of rotatable bonds is 2. The Morgan fingerprint density at radius 3 is 2.55 bits per heavy atom. The Morgan fingerprint density at radius 2 is 1.83 bits per heavy atom. The van der Waals surface area contributed by atoms with Gasteiger partial charge in [0.1, 0.15) is 5.56 Å². The summed E-state index contributed by atoms with van der Waals surface area (Å²) < 4.78 is 6.90. The fraction of sp³-hybridized carbons (Fsp3) is 0.238. The van der Waals surface area contributed by atoms with Crippen LogP contribution >= 0.6 is 43.5 Å². The second-order valence-electron chi connectivity index (χ2n) is 6.92. The number of halogens is 3. The van der Waals surface area contributed by atoms with Crippen LogP contribution in [0.2, 0.25) is 5.02 Å². The van der Waals surface area contributed by atoms with Crippen molar-refractivity contribution in [3.63, 3.8) is 0 Å². The van der Waals surface area contributed by atoms with E-state index in [0.717, 1.165) is 20.7 Å². The third-order valence-corrected chi connectivity index (χ3v) is 6.59. The minimum atomic E-state index is -0.626. The molecule has 0 unspecified atom stereocenters. The summed E-state index contributed by atoms with van der Waals surface area (Å²) in [4.78, 5) is 29.4. The molecule has 1 aliphatic rings. The number of amides is 1. The van der Waals surface area contributed by atoms with Crippen LogP contribution < -0.4 is 10.5 Å². The molecule has 1 saturated heterocycles. The smallest absolute Gasteiger partial charge is 0.349 e. The number of carbonyl (C=O) groups is 1. The molecule has 2 heterocycles. The molecule has 29 heavy (non-hydrogen) atoms. The van der Waals surface area contributed by atoms with E-state index in [-0.39, 0.29) is 11.5 Å². The molecule has 4 rings (SSSR count). The van der Waals surface area contributed by atoms with Crippen molar-refractivity contribution < 1.29 is 9.21 Å². The molecular formula is C21H17Br2ClN2O3. The average molecular weight is 541 g/mol. The SMILES string of the molecule is Cc1c(Cl)cccc1N1CCN(C(=O)c2cc3cc(Br)cc(Br)c3oc2=O)CC1. The van der Waals surface area contributed by atoms with Gasteiger partial charge in [0, 0.05) is 46.7 Å². The zero-order valence-electron chi connectivity index (χ0n) is 15.5. The lowest BCUT2D eigenvalue weighted by molar-refractivity contribution is 0.0742. The largest absolute Gasteiger partial charge is 0.421 e. The lowest BCUT2D eigenvalue weighted by atomic mass is 10.1. The van der Waals surface area contributed by atoms with Crippen molar-refractivity contribution in [3.05, 3.63) is 71.9 Å².